The molecule has 4 aromatic carbocycles. The number of benzene rings is 4. The summed E-state index contributed by atoms with van der Waals surface area (Å²) in [6.45, 7) is 4.92. The summed E-state index contributed by atoms with van der Waals surface area (Å²) < 4.78 is 22.8. The first-order valence-electron chi connectivity index (χ1n) is 15.0. The molecule has 0 bridgehead atoms. The molecule has 10 heteroatoms. The van der Waals surface area contributed by atoms with Crippen LogP contribution < -0.4 is 9.62 Å². The van der Waals surface area contributed by atoms with E-state index >= 15 is 0 Å². The number of aryl methyl sites for hydroxylation is 2. The van der Waals surface area contributed by atoms with E-state index in [4.69, 9.17) is 38.5 Å². The summed E-state index contributed by atoms with van der Waals surface area (Å²) in [5.74, 6) is -0.131. The second-order valence-electron chi connectivity index (χ2n) is 11.2. The van der Waals surface area contributed by atoms with Gasteiger partial charge in [0.05, 0.1) is 24.3 Å². The fourth-order valence-corrected chi connectivity index (χ4v) is 5.01. The lowest BCUT2D eigenvalue weighted by molar-refractivity contribution is -0.341. The number of carbonyl (C=O) groups is 2. The maximum Gasteiger partial charge on any atom is 0.343 e. The van der Waals surface area contributed by atoms with Gasteiger partial charge in [-0.05, 0) is 73.5 Å². The molecule has 0 radical (unpaired) electrons. The van der Waals surface area contributed by atoms with Gasteiger partial charge in [0.25, 0.3) is 0 Å². The van der Waals surface area contributed by atoms with Gasteiger partial charge >= 0.3 is 11.9 Å². The first kappa shape index (κ1) is 31.4. The summed E-state index contributed by atoms with van der Waals surface area (Å²) in [4.78, 5) is 47.0. The van der Waals surface area contributed by atoms with Crippen LogP contribution in [-0.4, -0.2) is 49.6 Å². The highest BCUT2D eigenvalue weighted by Crippen LogP contribution is 2.31. The Morgan fingerprint density at radius 2 is 1.11 bits per heavy atom. The Morgan fingerprint density at radius 1 is 0.609 bits per heavy atom. The number of hydrogen-bond acceptors (Lipinski definition) is 10. The van der Waals surface area contributed by atoms with E-state index in [1.165, 1.54) is 5.56 Å². The minimum absolute atomic E-state index is 0.167. The summed E-state index contributed by atoms with van der Waals surface area (Å²) >= 11 is 0. The number of carbonyl (C=O) groups excluding carboxylic acids is 2. The van der Waals surface area contributed by atoms with Crippen LogP contribution in [0.4, 0.5) is 0 Å². The molecule has 0 spiro atoms. The summed E-state index contributed by atoms with van der Waals surface area (Å²) in [6, 6.07) is 28.6. The highest BCUT2D eigenvalue weighted by molar-refractivity contribution is 5.92. The molecule has 2 aliphatic heterocycles. The zero-order chi connectivity index (χ0) is 31.9. The second kappa shape index (κ2) is 14.7. The Balaban J connectivity index is 0.911. The Bertz CT molecular complexity index is 1600. The van der Waals surface area contributed by atoms with E-state index in [0.29, 0.717) is 29.2 Å². The van der Waals surface area contributed by atoms with Crippen molar-refractivity contribution in [1.82, 2.24) is 0 Å². The lowest BCUT2D eigenvalue weighted by atomic mass is 10.1. The standard InChI is InChI=1S/C36H34O10/c1-23-3-7-25(8-4-23)19-41-45-30-15-9-26(10-16-30)20-42-46-32-22-40-33-31(21-39-34(32)33)44-36(38)28-13-17-29(18-14-28)43-35(37)27-11-5-24(2)6-12-27/h3-18,31-34H,19-22H2,1-2H3. The van der Waals surface area contributed by atoms with E-state index in [-0.39, 0.29) is 19.8 Å². The van der Waals surface area contributed by atoms with Crippen LogP contribution in [0.5, 0.6) is 11.5 Å². The third kappa shape index (κ3) is 7.97. The molecular formula is C36H34O10. The lowest BCUT2D eigenvalue weighted by Crippen LogP contribution is -2.35. The molecule has 2 aliphatic rings. The molecule has 2 saturated heterocycles. The quantitative estimate of drug-likeness (QED) is 0.0820. The van der Waals surface area contributed by atoms with Crippen molar-refractivity contribution in [2.24, 2.45) is 0 Å². The average Bonchev–Trinajstić information content (AvgIpc) is 3.66. The fraction of sp³-hybridized carbons (Fsp3) is 0.278. The largest absolute Gasteiger partial charge is 0.453 e. The van der Waals surface area contributed by atoms with Gasteiger partial charge in [0, 0.05) is 0 Å². The predicted molar refractivity (Wildman–Crippen MR) is 164 cm³/mol. The first-order chi connectivity index (χ1) is 22.4. The van der Waals surface area contributed by atoms with Crippen LogP contribution in [0.2, 0.25) is 0 Å². The van der Waals surface area contributed by atoms with Crippen molar-refractivity contribution < 1.29 is 48.1 Å². The second-order valence-corrected chi connectivity index (χ2v) is 11.2. The molecule has 0 aromatic heterocycles. The Hall–Kier alpha value is -4.58. The first-order valence-corrected chi connectivity index (χ1v) is 15.0. The van der Waals surface area contributed by atoms with E-state index in [2.05, 4.69) is 0 Å². The molecule has 10 nitrogen and oxygen atoms in total. The molecule has 0 aliphatic carbocycles. The van der Waals surface area contributed by atoms with Gasteiger partial charge < -0.3 is 23.8 Å². The molecule has 2 heterocycles. The zero-order valence-electron chi connectivity index (χ0n) is 25.5. The highest BCUT2D eigenvalue weighted by atomic mass is 17.2. The van der Waals surface area contributed by atoms with Gasteiger partial charge in [-0.1, -0.05) is 59.7 Å². The number of esters is 2. The molecule has 238 valence electrons. The average molecular weight is 627 g/mol. The molecule has 4 unspecified atom stereocenters. The molecule has 6 rings (SSSR count). The summed E-state index contributed by atoms with van der Waals surface area (Å²) in [6.07, 6.45) is -2.01. The van der Waals surface area contributed by atoms with E-state index < -0.39 is 36.4 Å². The number of hydrogen-bond donors (Lipinski definition) is 0. The van der Waals surface area contributed by atoms with Gasteiger partial charge in [-0.3, -0.25) is 0 Å². The smallest absolute Gasteiger partial charge is 0.343 e. The van der Waals surface area contributed by atoms with Crippen LogP contribution in [0.1, 0.15) is 43.0 Å². The third-order valence-electron chi connectivity index (χ3n) is 7.65. The van der Waals surface area contributed by atoms with Crippen LogP contribution in [0, 0.1) is 13.8 Å². The maximum absolute atomic E-state index is 12.8. The monoisotopic (exact) mass is 626 g/mol. The normalized spacial score (nSPS) is 20.2. The highest BCUT2D eigenvalue weighted by Gasteiger charge is 2.50. The number of ether oxygens (including phenoxy) is 4. The molecule has 2 fully saturated rings. The van der Waals surface area contributed by atoms with Crippen LogP contribution in [0.15, 0.2) is 97.1 Å². The van der Waals surface area contributed by atoms with Crippen LogP contribution in [0.3, 0.4) is 0 Å². The summed E-state index contributed by atoms with van der Waals surface area (Å²) in [5.41, 5.74) is 4.87. The van der Waals surface area contributed by atoms with Gasteiger partial charge in [-0.2, -0.15) is 4.89 Å². The molecule has 0 saturated carbocycles. The van der Waals surface area contributed by atoms with E-state index in [9.17, 15) is 9.59 Å². The topological polar surface area (TPSA) is 108 Å². The van der Waals surface area contributed by atoms with Crippen LogP contribution >= 0.6 is 0 Å². The van der Waals surface area contributed by atoms with Crippen molar-refractivity contribution in [2.75, 3.05) is 13.2 Å². The minimum atomic E-state index is -0.606. The van der Waals surface area contributed by atoms with Gasteiger partial charge in [0.1, 0.15) is 37.3 Å². The molecular weight excluding hydrogens is 592 g/mol. The SMILES string of the molecule is Cc1ccc(COOc2ccc(COOC3COC4C(OC(=O)c5ccc(OC(=O)c6ccc(C)cc6)cc5)COC34)cc2)cc1. The third-order valence-corrected chi connectivity index (χ3v) is 7.65. The van der Waals surface area contributed by atoms with Crippen molar-refractivity contribution in [1.29, 1.82) is 0 Å². The van der Waals surface area contributed by atoms with Crippen molar-refractivity contribution in [2.45, 2.75) is 51.5 Å². The van der Waals surface area contributed by atoms with Crippen LogP contribution in [0.25, 0.3) is 0 Å². The Morgan fingerprint density at radius 3 is 1.78 bits per heavy atom. The maximum atomic E-state index is 12.8. The lowest BCUT2D eigenvalue weighted by Gasteiger charge is -2.17. The molecule has 4 aromatic rings. The number of rotatable bonds is 12. The van der Waals surface area contributed by atoms with Gasteiger partial charge in [0.2, 0.25) is 0 Å². The van der Waals surface area contributed by atoms with Crippen molar-refractivity contribution >= 4 is 11.9 Å². The molecule has 46 heavy (non-hydrogen) atoms. The Kier molecular flexibility index (Phi) is 10.0. The molecule has 4 atom stereocenters. The predicted octanol–water partition coefficient (Wildman–Crippen LogP) is 5.87. The Labute approximate surface area is 266 Å². The van der Waals surface area contributed by atoms with E-state index in [0.717, 1.165) is 16.7 Å². The summed E-state index contributed by atoms with van der Waals surface area (Å²) in [7, 11) is 0. The number of fused-ring (bicyclic) bond motifs is 1. The molecule has 0 amide bonds. The molecule has 0 N–H and O–H groups in total. The fourth-order valence-electron chi connectivity index (χ4n) is 5.01. The van der Waals surface area contributed by atoms with Crippen molar-refractivity contribution in [3.8, 4) is 11.5 Å². The zero-order valence-corrected chi connectivity index (χ0v) is 25.5. The van der Waals surface area contributed by atoms with Gasteiger partial charge in [-0.15, -0.1) is 0 Å². The van der Waals surface area contributed by atoms with E-state index in [1.807, 2.05) is 62.4 Å². The van der Waals surface area contributed by atoms with Crippen molar-refractivity contribution in [3.05, 3.63) is 130 Å². The van der Waals surface area contributed by atoms with Crippen molar-refractivity contribution in [3.63, 3.8) is 0 Å². The summed E-state index contributed by atoms with van der Waals surface area (Å²) in [5, 5.41) is 0. The van der Waals surface area contributed by atoms with Gasteiger partial charge in [-0.25, -0.2) is 19.4 Å². The van der Waals surface area contributed by atoms with Crippen LogP contribution in [-0.2, 0) is 42.1 Å². The van der Waals surface area contributed by atoms with E-state index in [1.54, 1.807) is 48.5 Å². The van der Waals surface area contributed by atoms with Gasteiger partial charge in [0.15, 0.2) is 11.9 Å². The minimum Gasteiger partial charge on any atom is -0.453 e.